The Morgan fingerprint density at radius 2 is 2.11 bits per heavy atom. The van der Waals surface area contributed by atoms with Crippen molar-refractivity contribution in [1.29, 1.82) is 5.41 Å². The Labute approximate surface area is 116 Å². The summed E-state index contributed by atoms with van der Waals surface area (Å²) in [5, 5.41) is 11.0. The molecule has 0 radical (unpaired) electrons. The third-order valence-corrected chi connectivity index (χ3v) is 4.77. The summed E-state index contributed by atoms with van der Waals surface area (Å²) in [7, 11) is 0. The van der Waals surface area contributed by atoms with Crippen LogP contribution in [0.5, 0.6) is 0 Å². The lowest BCUT2D eigenvalue weighted by Crippen LogP contribution is -2.49. The molecule has 2 amide bonds. The van der Waals surface area contributed by atoms with Crippen molar-refractivity contribution in [2.45, 2.75) is 70.8 Å². The van der Waals surface area contributed by atoms with Crippen molar-refractivity contribution in [2.75, 3.05) is 6.54 Å². The molecular formula is C15H27N3O. The fourth-order valence-electron chi connectivity index (χ4n) is 3.77. The molecule has 0 bridgehead atoms. The van der Waals surface area contributed by atoms with E-state index < -0.39 is 0 Å². The molecule has 1 saturated heterocycles. The summed E-state index contributed by atoms with van der Waals surface area (Å²) in [6.07, 6.45) is 8.98. The van der Waals surface area contributed by atoms with E-state index >= 15 is 0 Å². The highest BCUT2D eigenvalue weighted by Gasteiger charge is 2.49. The van der Waals surface area contributed by atoms with E-state index in [1.807, 2.05) is 4.90 Å². The number of amides is 2. The van der Waals surface area contributed by atoms with Crippen molar-refractivity contribution in [3.8, 4) is 0 Å². The Kier molecular flexibility index (Phi) is 4.48. The Hall–Kier alpha value is -1.06. The topological polar surface area (TPSA) is 56.2 Å². The smallest absolute Gasteiger partial charge is 0.312 e. The number of carbonyl (C=O) groups is 1. The second-order valence-electron chi connectivity index (χ2n) is 6.07. The van der Waals surface area contributed by atoms with Gasteiger partial charge in [-0.15, -0.1) is 0 Å². The highest BCUT2D eigenvalue weighted by molar-refractivity contribution is 6.08. The molecule has 0 aromatic rings. The zero-order valence-corrected chi connectivity index (χ0v) is 12.3. The van der Waals surface area contributed by atoms with Gasteiger partial charge in [0.1, 0.15) is 11.4 Å². The minimum absolute atomic E-state index is 0.0548. The van der Waals surface area contributed by atoms with Gasteiger partial charge in [0.2, 0.25) is 0 Å². The lowest BCUT2D eigenvalue weighted by molar-refractivity contribution is 0.161. The van der Waals surface area contributed by atoms with Crippen LogP contribution in [0.4, 0.5) is 4.79 Å². The molecule has 19 heavy (non-hydrogen) atoms. The maximum atomic E-state index is 12.0. The number of hydrogen-bond donors (Lipinski definition) is 2. The SMILES string of the molecule is CCCC1CCCC2(CC1)C(=N)NC(=O)N2CCC. The van der Waals surface area contributed by atoms with Gasteiger partial charge in [0.15, 0.2) is 0 Å². The highest BCUT2D eigenvalue weighted by Crippen LogP contribution is 2.39. The number of amidine groups is 1. The minimum Gasteiger partial charge on any atom is -0.312 e. The van der Waals surface area contributed by atoms with Crippen molar-refractivity contribution < 1.29 is 4.79 Å². The molecule has 2 N–H and O–H groups in total. The molecule has 1 aliphatic carbocycles. The van der Waals surface area contributed by atoms with Gasteiger partial charge in [-0.05, 0) is 31.6 Å². The summed E-state index contributed by atoms with van der Waals surface area (Å²) in [4.78, 5) is 14.0. The number of carbonyl (C=O) groups excluding carboxylic acids is 1. The Bertz CT molecular complexity index is 355. The van der Waals surface area contributed by atoms with Crippen LogP contribution in [0.2, 0.25) is 0 Å². The van der Waals surface area contributed by atoms with Crippen LogP contribution in [0.3, 0.4) is 0 Å². The van der Waals surface area contributed by atoms with Crippen LogP contribution in [0.15, 0.2) is 0 Å². The molecule has 2 aliphatic rings. The van der Waals surface area contributed by atoms with E-state index in [4.69, 9.17) is 5.41 Å². The molecule has 2 fully saturated rings. The summed E-state index contributed by atoms with van der Waals surface area (Å²) < 4.78 is 0. The molecular weight excluding hydrogens is 238 g/mol. The third-order valence-electron chi connectivity index (χ3n) is 4.77. The predicted octanol–water partition coefficient (Wildman–Crippen LogP) is 3.52. The van der Waals surface area contributed by atoms with E-state index in [9.17, 15) is 4.79 Å². The molecule has 2 unspecified atom stereocenters. The zero-order valence-electron chi connectivity index (χ0n) is 12.3. The minimum atomic E-state index is -0.310. The van der Waals surface area contributed by atoms with Gasteiger partial charge in [-0.25, -0.2) is 4.79 Å². The van der Waals surface area contributed by atoms with Gasteiger partial charge in [0, 0.05) is 6.54 Å². The predicted molar refractivity (Wildman–Crippen MR) is 77.5 cm³/mol. The molecule has 1 aliphatic heterocycles. The summed E-state index contributed by atoms with van der Waals surface area (Å²) in [5.41, 5.74) is -0.310. The van der Waals surface area contributed by atoms with Crippen molar-refractivity contribution in [3.63, 3.8) is 0 Å². The summed E-state index contributed by atoms with van der Waals surface area (Å²) in [6, 6.07) is -0.0548. The van der Waals surface area contributed by atoms with E-state index in [0.29, 0.717) is 5.84 Å². The third kappa shape index (κ3) is 2.63. The van der Waals surface area contributed by atoms with Gasteiger partial charge in [-0.2, -0.15) is 0 Å². The van der Waals surface area contributed by atoms with Gasteiger partial charge < -0.3 is 4.90 Å². The number of urea groups is 1. The first-order valence-electron chi connectivity index (χ1n) is 7.81. The van der Waals surface area contributed by atoms with Gasteiger partial charge in [0.25, 0.3) is 0 Å². The maximum absolute atomic E-state index is 12.0. The fourth-order valence-corrected chi connectivity index (χ4v) is 3.77. The van der Waals surface area contributed by atoms with Crippen LogP contribution < -0.4 is 5.32 Å². The van der Waals surface area contributed by atoms with Crippen LogP contribution in [0.25, 0.3) is 0 Å². The molecule has 4 heteroatoms. The van der Waals surface area contributed by atoms with Crippen LogP contribution in [-0.2, 0) is 0 Å². The monoisotopic (exact) mass is 265 g/mol. The Balaban J connectivity index is 2.15. The van der Waals surface area contributed by atoms with E-state index in [1.54, 1.807) is 0 Å². The second-order valence-corrected chi connectivity index (χ2v) is 6.07. The number of nitrogens with zero attached hydrogens (tertiary/aromatic N) is 1. The van der Waals surface area contributed by atoms with Crippen LogP contribution >= 0.6 is 0 Å². The standard InChI is InChI=1S/C15H27N3O/c1-3-6-12-7-5-9-15(10-8-12)13(16)17-14(19)18(15)11-4-2/h12H,3-11H2,1-2H3,(H2,16,17,19). The van der Waals surface area contributed by atoms with Gasteiger partial charge in [-0.1, -0.05) is 39.5 Å². The van der Waals surface area contributed by atoms with Gasteiger partial charge >= 0.3 is 6.03 Å². The number of nitrogens with one attached hydrogen (secondary N) is 2. The first-order chi connectivity index (χ1) is 9.14. The highest BCUT2D eigenvalue weighted by atomic mass is 16.2. The maximum Gasteiger partial charge on any atom is 0.323 e. The van der Waals surface area contributed by atoms with E-state index in [0.717, 1.165) is 44.6 Å². The average Bonchev–Trinajstić information content (AvgIpc) is 2.56. The van der Waals surface area contributed by atoms with E-state index in [-0.39, 0.29) is 11.6 Å². The normalized spacial score (nSPS) is 31.7. The number of rotatable bonds is 4. The molecule has 1 spiro atoms. The molecule has 2 atom stereocenters. The molecule has 0 aromatic heterocycles. The first-order valence-corrected chi connectivity index (χ1v) is 7.81. The van der Waals surface area contributed by atoms with E-state index in [2.05, 4.69) is 19.2 Å². The van der Waals surface area contributed by atoms with Crippen molar-refractivity contribution in [1.82, 2.24) is 10.2 Å². The van der Waals surface area contributed by atoms with Gasteiger partial charge in [0.05, 0.1) is 0 Å². The Morgan fingerprint density at radius 1 is 1.32 bits per heavy atom. The molecule has 108 valence electrons. The fraction of sp³-hybridized carbons (Fsp3) is 0.867. The van der Waals surface area contributed by atoms with Crippen molar-refractivity contribution in [3.05, 3.63) is 0 Å². The van der Waals surface area contributed by atoms with Crippen LogP contribution in [-0.4, -0.2) is 28.9 Å². The Morgan fingerprint density at radius 3 is 2.79 bits per heavy atom. The summed E-state index contributed by atoms with van der Waals surface area (Å²) in [6.45, 7) is 5.11. The number of hydrogen-bond acceptors (Lipinski definition) is 2. The summed E-state index contributed by atoms with van der Waals surface area (Å²) in [5.74, 6) is 1.24. The van der Waals surface area contributed by atoms with Gasteiger partial charge in [-0.3, -0.25) is 10.7 Å². The zero-order chi connectivity index (χ0) is 13.9. The summed E-state index contributed by atoms with van der Waals surface area (Å²) >= 11 is 0. The van der Waals surface area contributed by atoms with Crippen LogP contribution in [0, 0.1) is 11.3 Å². The molecule has 1 heterocycles. The average molecular weight is 265 g/mol. The second kappa shape index (κ2) is 5.93. The largest absolute Gasteiger partial charge is 0.323 e. The quantitative estimate of drug-likeness (QED) is 0.803. The molecule has 4 nitrogen and oxygen atoms in total. The lowest BCUT2D eigenvalue weighted by atomic mass is 9.87. The van der Waals surface area contributed by atoms with Crippen molar-refractivity contribution in [2.24, 2.45) is 5.92 Å². The molecule has 2 rings (SSSR count). The molecule has 0 aromatic carbocycles. The van der Waals surface area contributed by atoms with Crippen molar-refractivity contribution >= 4 is 11.9 Å². The lowest BCUT2D eigenvalue weighted by Gasteiger charge is -2.36. The van der Waals surface area contributed by atoms with E-state index in [1.165, 1.54) is 19.3 Å². The van der Waals surface area contributed by atoms with Crippen LogP contribution in [0.1, 0.15) is 65.2 Å². The first kappa shape index (κ1) is 14.4. The molecule has 1 saturated carbocycles.